The minimum atomic E-state index is -0.872. The topological polar surface area (TPSA) is 137 Å². The molecule has 4 heterocycles. The molecule has 3 atom stereocenters. The van der Waals surface area contributed by atoms with Crippen LogP contribution in [0.3, 0.4) is 0 Å². The molecule has 13 heteroatoms. The van der Waals surface area contributed by atoms with E-state index in [1.807, 2.05) is 11.9 Å². The van der Waals surface area contributed by atoms with E-state index in [9.17, 15) is 19.2 Å². The van der Waals surface area contributed by atoms with Crippen molar-refractivity contribution in [1.82, 2.24) is 30.4 Å². The number of pyridine rings is 1. The molecular formula is C27H34ClN7O4S. The number of hydrogen-bond acceptors (Lipinski definition) is 8. The number of anilines is 1. The van der Waals surface area contributed by atoms with Gasteiger partial charge in [-0.1, -0.05) is 11.6 Å². The first-order valence-electron chi connectivity index (χ1n) is 13.8. The summed E-state index contributed by atoms with van der Waals surface area (Å²) in [7, 11) is 2.04. The van der Waals surface area contributed by atoms with Gasteiger partial charge in [-0.05, 0) is 57.7 Å². The van der Waals surface area contributed by atoms with Crippen LogP contribution in [0.5, 0.6) is 0 Å². The molecule has 2 aliphatic heterocycles. The largest absolute Gasteiger partial charge is 0.345 e. The van der Waals surface area contributed by atoms with Crippen LogP contribution in [0.25, 0.3) is 0 Å². The number of piperidine rings is 1. The summed E-state index contributed by atoms with van der Waals surface area (Å²) in [6.07, 6.45) is 6.68. The molecule has 0 spiro atoms. The van der Waals surface area contributed by atoms with Gasteiger partial charge in [-0.25, -0.2) is 9.97 Å². The van der Waals surface area contributed by atoms with Crippen molar-refractivity contribution in [3.05, 3.63) is 38.9 Å². The van der Waals surface area contributed by atoms with E-state index in [-0.39, 0.29) is 23.6 Å². The van der Waals surface area contributed by atoms with Gasteiger partial charge in [0.25, 0.3) is 5.91 Å². The summed E-state index contributed by atoms with van der Waals surface area (Å²) in [5.41, 5.74) is 0.951. The van der Waals surface area contributed by atoms with E-state index in [4.69, 9.17) is 11.6 Å². The molecule has 2 fully saturated rings. The van der Waals surface area contributed by atoms with Gasteiger partial charge in [-0.15, -0.1) is 11.3 Å². The SMILES string of the molecule is CN1CCc2nc(C(=O)N[C@@H]3C[C@@H](C(=O)N4CCCCC4)CC[C@@H]3NC(=O)C(=O)Nc3ccc(Cl)cn3)sc2C1. The number of carbonyl (C=O) groups excluding carboxylic acids is 4. The lowest BCUT2D eigenvalue weighted by atomic mass is 9.81. The molecule has 214 valence electrons. The predicted octanol–water partition coefficient (Wildman–Crippen LogP) is 2.21. The Morgan fingerprint density at radius 3 is 2.55 bits per heavy atom. The fourth-order valence-electron chi connectivity index (χ4n) is 5.61. The molecule has 3 aliphatic rings. The lowest BCUT2D eigenvalue weighted by Gasteiger charge is -2.38. The number of nitrogens with zero attached hydrogens (tertiary/aromatic N) is 4. The number of hydrogen-bond donors (Lipinski definition) is 3. The second-order valence-corrected chi connectivity index (χ2v) is 12.3. The van der Waals surface area contributed by atoms with Crippen molar-refractivity contribution in [2.45, 2.75) is 63.6 Å². The van der Waals surface area contributed by atoms with Gasteiger partial charge in [-0.2, -0.15) is 0 Å². The second-order valence-electron chi connectivity index (χ2n) is 10.7. The zero-order valence-electron chi connectivity index (χ0n) is 22.5. The Morgan fingerprint density at radius 2 is 1.80 bits per heavy atom. The van der Waals surface area contributed by atoms with Crippen LogP contribution in [-0.4, -0.2) is 82.2 Å². The molecule has 40 heavy (non-hydrogen) atoms. The Labute approximate surface area is 242 Å². The molecule has 1 saturated carbocycles. The molecule has 0 unspecified atom stereocenters. The summed E-state index contributed by atoms with van der Waals surface area (Å²) in [6, 6.07) is 2.00. The molecule has 1 aliphatic carbocycles. The average Bonchev–Trinajstić information content (AvgIpc) is 3.38. The van der Waals surface area contributed by atoms with Crippen LogP contribution in [0.1, 0.15) is 58.9 Å². The number of amides is 4. The molecular weight excluding hydrogens is 554 g/mol. The highest BCUT2D eigenvalue weighted by atomic mass is 35.5. The van der Waals surface area contributed by atoms with Crippen LogP contribution < -0.4 is 16.0 Å². The van der Waals surface area contributed by atoms with Gasteiger partial charge in [0, 0.05) is 55.6 Å². The maximum Gasteiger partial charge on any atom is 0.314 e. The van der Waals surface area contributed by atoms with Crippen LogP contribution in [-0.2, 0) is 27.3 Å². The van der Waals surface area contributed by atoms with E-state index >= 15 is 0 Å². The highest BCUT2D eigenvalue weighted by molar-refractivity contribution is 7.13. The van der Waals surface area contributed by atoms with Crippen molar-refractivity contribution in [3.8, 4) is 0 Å². The van der Waals surface area contributed by atoms with Gasteiger partial charge in [0.2, 0.25) is 5.91 Å². The Hall–Kier alpha value is -3.09. The number of rotatable bonds is 5. The molecule has 4 amide bonds. The number of fused-ring (bicyclic) bond motifs is 1. The molecule has 0 radical (unpaired) electrons. The third kappa shape index (κ3) is 6.79. The third-order valence-electron chi connectivity index (χ3n) is 7.79. The van der Waals surface area contributed by atoms with Crippen LogP contribution in [0.15, 0.2) is 18.3 Å². The maximum atomic E-state index is 13.3. The van der Waals surface area contributed by atoms with Crippen molar-refractivity contribution in [1.29, 1.82) is 0 Å². The number of likely N-dealkylation sites (tertiary alicyclic amines) is 1. The molecule has 1 saturated heterocycles. The lowest BCUT2D eigenvalue weighted by molar-refractivity contribution is -0.139. The van der Waals surface area contributed by atoms with Gasteiger partial charge in [0.1, 0.15) is 5.82 Å². The zero-order valence-corrected chi connectivity index (χ0v) is 24.0. The smallest absolute Gasteiger partial charge is 0.314 e. The van der Waals surface area contributed by atoms with Crippen LogP contribution in [0.4, 0.5) is 5.82 Å². The summed E-state index contributed by atoms with van der Waals surface area (Å²) >= 11 is 7.22. The first kappa shape index (κ1) is 28.4. The van der Waals surface area contributed by atoms with E-state index in [0.29, 0.717) is 29.3 Å². The molecule has 0 aromatic carbocycles. The molecule has 2 aromatic heterocycles. The van der Waals surface area contributed by atoms with Crippen molar-refractivity contribution >= 4 is 52.4 Å². The third-order valence-corrected chi connectivity index (χ3v) is 9.10. The van der Waals surface area contributed by atoms with Crippen LogP contribution >= 0.6 is 22.9 Å². The van der Waals surface area contributed by atoms with E-state index < -0.39 is 23.9 Å². The first-order chi connectivity index (χ1) is 19.3. The standard InChI is InChI=1S/C27H34ClN7O4S/c1-34-12-9-19-21(15-34)40-26(32-19)25(38)31-20-13-16(27(39)35-10-3-2-4-11-35)5-7-18(20)30-23(36)24(37)33-22-8-6-17(28)14-29-22/h6,8,14,16,18,20H,2-5,7,9-13,15H2,1H3,(H,30,36)(H,31,38)(H,29,33,37)/t16-,18-,20+/m0/s1. The molecule has 11 nitrogen and oxygen atoms in total. The second kappa shape index (κ2) is 12.6. The number of carbonyl (C=O) groups is 4. The van der Waals surface area contributed by atoms with Gasteiger partial charge >= 0.3 is 11.8 Å². The Morgan fingerprint density at radius 1 is 1.00 bits per heavy atom. The van der Waals surface area contributed by atoms with Gasteiger partial charge in [0.05, 0.1) is 16.8 Å². The van der Waals surface area contributed by atoms with Crippen LogP contribution in [0.2, 0.25) is 5.02 Å². The number of nitrogens with one attached hydrogen (secondary N) is 3. The minimum absolute atomic E-state index is 0.100. The van der Waals surface area contributed by atoms with Crippen molar-refractivity contribution in [3.63, 3.8) is 0 Å². The fourth-order valence-corrected chi connectivity index (χ4v) is 6.81. The lowest BCUT2D eigenvalue weighted by Crippen LogP contribution is -2.57. The summed E-state index contributed by atoms with van der Waals surface area (Å²) < 4.78 is 0. The summed E-state index contributed by atoms with van der Waals surface area (Å²) in [5.74, 6) is -2.00. The number of likely N-dealkylation sites (N-methyl/N-ethyl adjacent to an activating group) is 1. The van der Waals surface area contributed by atoms with Crippen LogP contribution in [0, 0.1) is 5.92 Å². The first-order valence-corrected chi connectivity index (χ1v) is 15.0. The van der Waals surface area contributed by atoms with Crippen molar-refractivity contribution < 1.29 is 19.2 Å². The quantitative estimate of drug-likeness (QED) is 0.456. The average molecular weight is 588 g/mol. The van der Waals surface area contributed by atoms with Crippen molar-refractivity contribution in [2.75, 3.05) is 32.0 Å². The monoisotopic (exact) mass is 587 g/mol. The van der Waals surface area contributed by atoms with E-state index in [2.05, 4.69) is 30.8 Å². The highest BCUT2D eigenvalue weighted by Gasteiger charge is 2.38. The summed E-state index contributed by atoms with van der Waals surface area (Å²) in [4.78, 5) is 65.8. The predicted molar refractivity (Wildman–Crippen MR) is 151 cm³/mol. The normalized spacial score (nSPS) is 23.1. The molecule has 2 aromatic rings. The molecule has 5 rings (SSSR count). The van der Waals surface area contributed by atoms with E-state index in [0.717, 1.165) is 62.4 Å². The zero-order chi connectivity index (χ0) is 28.2. The van der Waals surface area contributed by atoms with Crippen molar-refractivity contribution in [2.24, 2.45) is 5.92 Å². The maximum absolute atomic E-state index is 13.3. The Balaban J connectivity index is 1.28. The summed E-state index contributed by atoms with van der Waals surface area (Å²) in [5, 5.41) is 9.07. The molecule has 0 bridgehead atoms. The van der Waals surface area contributed by atoms with E-state index in [1.54, 1.807) is 6.07 Å². The molecule has 3 N–H and O–H groups in total. The number of thiazole rings is 1. The summed E-state index contributed by atoms with van der Waals surface area (Å²) in [6.45, 7) is 3.16. The van der Waals surface area contributed by atoms with Gasteiger partial charge in [-0.3, -0.25) is 19.2 Å². The van der Waals surface area contributed by atoms with Gasteiger partial charge in [0.15, 0.2) is 5.01 Å². The number of aromatic nitrogens is 2. The van der Waals surface area contributed by atoms with E-state index in [1.165, 1.54) is 23.6 Å². The van der Waals surface area contributed by atoms with Gasteiger partial charge < -0.3 is 25.8 Å². The highest BCUT2D eigenvalue weighted by Crippen LogP contribution is 2.29. The number of halogens is 1. The fraction of sp³-hybridized carbons (Fsp3) is 0.556. The Bertz CT molecular complexity index is 1260. The Kier molecular flexibility index (Phi) is 8.97. The minimum Gasteiger partial charge on any atom is -0.345 e.